The van der Waals surface area contributed by atoms with E-state index < -0.39 is 0 Å². The van der Waals surface area contributed by atoms with E-state index in [-0.39, 0.29) is 12.5 Å². The number of rotatable bonds is 8. The molecule has 8 heteroatoms. The molecule has 0 fully saturated rings. The fourth-order valence-corrected chi connectivity index (χ4v) is 2.69. The van der Waals surface area contributed by atoms with Crippen LogP contribution in [0.1, 0.15) is 17.0 Å². The molecule has 0 aliphatic rings. The number of aryl methyl sites for hydroxylation is 3. The largest absolute Gasteiger partial charge is 0.484 e. The minimum Gasteiger partial charge on any atom is -0.484 e. The predicted molar refractivity (Wildman–Crippen MR) is 107 cm³/mol. The topological polar surface area (TPSA) is 94.0 Å². The van der Waals surface area contributed by atoms with Crippen LogP contribution in [0.2, 0.25) is 0 Å². The van der Waals surface area contributed by atoms with Crippen molar-refractivity contribution in [2.75, 3.05) is 25.0 Å². The van der Waals surface area contributed by atoms with Crippen LogP contribution in [0.5, 0.6) is 5.75 Å². The Morgan fingerprint density at radius 1 is 1.07 bits per heavy atom. The second kappa shape index (κ2) is 8.98. The molecule has 2 heterocycles. The summed E-state index contributed by atoms with van der Waals surface area (Å²) in [6.45, 7) is 6.86. The first-order chi connectivity index (χ1) is 13.5. The van der Waals surface area contributed by atoms with Gasteiger partial charge in [-0.1, -0.05) is 12.1 Å². The number of hydrogen-bond donors (Lipinski definition) is 2. The van der Waals surface area contributed by atoms with E-state index >= 15 is 0 Å². The van der Waals surface area contributed by atoms with E-state index in [4.69, 9.17) is 4.74 Å². The predicted octanol–water partition coefficient (Wildman–Crippen LogP) is 2.19. The van der Waals surface area contributed by atoms with Gasteiger partial charge in [-0.05, 0) is 56.7 Å². The molecular formula is C20H24N6O2. The normalized spacial score (nSPS) is 10.5. The van der Waals surface area contributed by atoms with Crippen LogP contribution < -0.4 is 15.4 Å². The molecule has 1 aromatic carbocycles. The molecule has 0 unspecified atom stereocenters. The molecule has 0 saturated heterocycles. The third-order valence-corrected chi connectivity index (χ3v) is 3.99. The first-order valence-electron chi connectivity index (χ1n) is 9.09. The molecule has 28 heavy (non-hydrogen) atoms. The fourth-order valence-electron chi connectivity index (χ4n) is 2.69. The van der Waals surface area contributed by atoms with E-state index in [0.717, 1.165) is 17.0 Å². The van der Waals surface area contributed by atoms with Gasteiger partial charge in [0, 0.05) is 18.8 Å². The quantitative estimate of drug-likeness (QED) is 0.582. The van der Waals surface area contributed by atoms with Crippen LogP contribution >= 0.6 is 0 Å². The maximum Gasteiger partial charge on any atom is 0.258 e. The van der Waals surface area contributed by atoms with Gasteiger partial charge in [0.05, 0.1) is 5.69 Å². The number of benzene rings is 1. The molecule has 8 nitrogen and oxygen atoms in total. The zero-order chi connectivity index (χ0) is 19.9. The van der Waals surface area contributed by atoms with Crippen LogP contribution in [-0.4, -0.2) is 45.6 Å². The third-order valence-electron chi connectivity index (χ3n) is 3.99. The van der Waals surface area contributed by atoms with Crippen molar-refractivity contribution in [3.05, 3.63) is 59.4 Å². The zero-order valence-electron chi connectivity index (χ0n) is 16.3. The van der Waals surface area contributed by atoms with Gasteiger partial charge in [0.15, 0.2) is 12.4 Å². The maximum absolute atomic E-state index is 11.8. The molecule has 0 atom stereocenters. The highest BCUT2D eigenvalue weighted by Crippen LogP contribution is 2.12. The summed E-state index contributed by atoms with van der Waals surface area (Å²) in [6.07, 6.45) is 0. The van der Waals surface area contributed by atoms with Gasteiger partial charge < -0.3 is 15.4 Å². The van der Waals surface area contributed by atoms with Crippen LogP contribution in [0, 0.1) is 20.8 Å². The number of aromatic nitrogens is 4. The van der Waals surface area contributed by atoms with Crippen molar-refractivity contribution in [2.45, 2.75) is 20.8 Å². The number of ether oxygens (including phenoxy) is 1. The summed E-state index contributed by atoms with van der Waals surface area (Å²) < 4.78 is 7.22. The summed E-state index contributed by atoms with van der Waals surface area (Å²) in [5.74, 6) is 1.81. The molecule has 3 aromatic rings. The van der Waals surface area contributed by atoms with E-state index in [1.807, 2.05) is 63.2 Å². The summed E-state index contributed by atoms with van der Waals surface area (Å²) in [5.41, 5.74) is 3.03. The van der Waals surface area contributed by atoms with Crippen molar-refractivity contribution in [2.24, 2.45) is 0 Å². The minimum atomic E-state index is -0.172. The SMILES string of the molecule is Cc1cccc(OCC(=O)NCCNc2ccc(-n3nc(C)cc3C)nn2)c1. The minimum absolute atomic E-state index is 0.0133. The molecule has 3 rings (SSSR count). The lowest BCUT2D eigenvalue weighted by atomic mass is 10.2. The summed E-state index contributed by atoms with van der Waals surface area (Å²) >= 11 is 0. The van der Waals surface area contributed by atoms with Crippen LogP contribution in [0.3, 0.4) is 0 Å². The number of nitrogens with one attached hydrogen (secondary N) is 2. The number of nitrogens with zero attached hydrogens (tertiary/aromatic N) is 4. The second-order valence-electron chi connectivity index (χ2n) is 6.50. The van der Waals surface area contributed by atoms with Crippen molar-refractivity contribution in [3.8, 4) is 11.6 Å². The molecule has 2 N–H and O–H groups in total. The first kappa shape index (κ1) is 19.3. The Morgan fingerprint density at radius 2 is 1.93 bits per heavy atom. The van der Waals surface area contributed by atoms with Crippen molar-refractivity contribution in [1.29, 1.82) is 0 Å². The number of carbonyl (C=O) groups excluding carboxylic acids is 1. The smallest absolute Gasteiger partial charge is 0.258 e. The molecule has 1 amide bonds. The first-order valence-corrected chi connectivity index (χ1v) is 9.09. The van der Waals surface area contributed by atoms with Gasteiger partial charge in [0.1, 0.15) is 11.6 Å². The van der Waals surface area contributed by atoms with E-state index in [2.05, 4.69) is 25.9 Å². The van der Waals surface area contributed by atoms with Gasteiger partial charge in [-0.2, -0.15) is 5.10 Å². The van der Waals surface area contributed by atoms with Gasteiger partial charge in [0.25, 0.3) is 5.91 Å². The monoisotopic (exact) mass is 380 g/mol. The molecule has 2 aromatic heterocycles. The molecule has 0 spiro atoms. The lowest BCUT2D eigenvalue weighted by Gasteiger charge is -2.09. The van der Waals surface area contributed by atoms with Crippen LogP contribution in [0.15, 0.2) is 42.5 Å². The van der Waals surface area contributed by atoms with Crippen molar-refractivity contribution in [3.63, 3.8) is 0 Å². The Morgan fingerprint density at radius 3 is 2.61 bits per heavy atom. The van der Waals surface area contributed by atoms with Crippen molar-refractivity contribution < 1.29 is 9.53 Å². The van der Waals surface area contributed by atoms with Gasteiger partial charge in [0.2, 0.25) is 0 Å². The zero-order valence-corrected chi connectivity index (χ0v) is 16.3. The standard InChI is InChI=1S/C20H24N6O2/c1-14-5-4-6-17(11-14)28-13-20(27)22-10-9-21-18-7-8-19(24-23-18)26-16(3)12-15(2)25-26/h4-8,11-12H,9-10,13H2,1-3H3,(H,21,23)(H,22,27). The number of amides is 1. The Balaban J connectivity index is 1.39. The summed E-state index contributed by atoms with van der Waals surface area (Å²) in [7, 11) is 0. The van der Waals surface area contributed by atoms with E-state index in [0.29, 0.717) is 30.5 Å². The van der Waals surface area contributed by atoms with E-state index in [9.17, 15) is 4.79 Å². The average Bonchev–Trinajstić information content (AvgIpc) is 3.02. The van der Waals surface area contributed by atoms with Gasteiger partial charge >= 0.3 is 0 Å². The van der Waals surface area contributed by atoms with Gasteiger partial charge in [-0.15, -0.1) is 10.2 Å². The fraction of sp³-hybridized carbons (Fsp3) is 0.300. The Bertz CT molecular complexity index is 936. The molecule has 0 aliphatic carbocycles. The average molecular weight is 380 g/mol. The van der Waals surface area contributed by atoms with Crippen molar-refractivity contribution >= 4 is 11.7 Å². The highest BCUT2D eigenvalue weighted by molar-refractivity contribution is 5.77. The number of anilines is 1. The molecule has 146 valence electrons. The van der Waals surface area contributed by atoms with Crippen LogP contribution in [-0.2, 0) is 4.79 Å². The van der Waals surface area contributed by atoms with Gasteiger partial charge in [-0.25, -0.2) is 4.68 Å². The van der Waals surface area contributed by atoms with Gasteiger partial charge in [-0.3, -0.25) is 4.79 Å². The lowest BCUT2D eigenvalue weighted by molar-refractivity contribution is -0.123. The highest BCUT2D eigenvalue weighted by atomic mass is 16.5. The lowest BCUT2D eigenvalue weighted by Crippen LogP contribution is -2.32. The Hall–Kier alpha value is -3.42. The Labute approximate surface area is 163 Å². The molecular weight excluding hydrogens is 356 g/mol. The number of carbonyl (C=O) groups is 1. The molecule has 0 aliphatic heterocycles. The summed E-state index contributed by atoms with van der Waals surface area (Å²) in [5, 5.41) is 18.6. The van der Waals surface area contributed by atoms with Crippen molar-refractivity contribution in [1.82, 2.24) is 25.3 Å². The van der Waals surface area contributed by atoms with Crippen LogP contribution in [0.25, 0.3) is 5.82 Å². The van der Waals surface area contributed by atoms with E-state index in [1.165, 1.54) is 0 Å². The molecule has 0 bridgehead atoms. The van der Waals surface area contributed by atoms with Crippen LogP contribution in [0.4, 0.5) is 5.82 Å². The highest BCUT2D eigenvalue weighted by Gasteiger charge is 2.06. The third kappa shape index (κ3) is 5.29. The summed E-state index contributed by atoms with van der Waals surface area (Å²) in [4.78, 5) is 11.8. The molecule has 0 saturated carbocycles. The molecule has 0 radical (unpaired) electrons. The second-order valence-corrected chi connectivity index (χ2v) is 6.50. The number of hydrogen-bond acceptors (Lipinski definition) is 6. The summed E-state index contributed by atoms with van der Waals surface area (Å²) in [6, 6.07) is 13.3. The Kier molecular flexibility index (Phi) is 6.21. The maximum atomic E-state index is 11.8. The van der Waals surface area contributed by atoms with E-state index in [1.54, 1.807) is 4.68 Å².